The van der Waals surface area contributed by atoms with E-state index in [2.05, 4.69) is 4.98 Å². The second kappa shape index (κ2) is 3.86. The van der Waals surface area contributed by atoms with E-state index >= 15 is 0 Å². The minimum atomic E-state index is -0.0190. The maximum absolute atomic E-state index is 12.1. The topological polar surface area (TPSA) is 34.9 Å². The van der Waals surface area contributed by atoms with Crippen molar-refractivity contribution in [3.63, 3.8) is 0 Å². The van der Waals surface area contributed by atoms with Crippen molar-refractivity contribution in [2.24, 2.45) is 0 Å². The van der Waals surface area contributed by atoms with Crippen molar-refractivity contribution in [3.8, 4) is 5.13 Å². The van der Waals surface area contributed by atoms with Crippen molar-refractivity contribution in [1.82, 2.24) is 8.55 Å². The molecule has 1 aromatic carbocycles. The average molecular weight is 316 g/mol. The summed E-state index contributed by atoms with van der Waals surface area (Å²) in [5, 5.41) is 3.94. The molecule has 2 aromatic heterocycles. The second-order valence-electron chi connectivity index (χ2n) is 3.15. The van der Waals surface area contributed by atoms with Gasteiger partial charge < -0.3 is 0 Å². The summed E-state index contributed by atoms with van der Waals surface area (Å²) in [6.45, 7) is 0. The first-order chi connectivity index (χ1) is 7.75. The number of hydrogen-bond acceptors (Lipinski definition) is 3. The van der Waals surface area contributed by atoms with Crippen LogP contribution >= 0.6 is 22.9 Å². The van der Waals surface area contributed by atoms with Crippen molar-refractivity contribution in [2.45, 2.75) is 0 Å². The van der Waals surface area contributed by atoms with Crippen LogP contribution in [0.15, 0.2) is 34.6 Å². The summed E-state index contributed by atoms with van der Waals surface area (Å²) in [5.41, 5.74) is 0.00690. The molecule has 3 nitrogen and oxygen atoms in total. The van der Waals surface area contributed by atoms with E-state index in [4.69, 9.17) is 11.6 Å². The van der Waals surface area contributed by atoms with E-state index in [9.17, 15) is 4.79 Å². The predicted octanol–water partition coefficient (Wildman–Crippen LogP) is 2.16. The third kappa shape index (κ3) is 1.57. The molecular formula is C10H5ClN2OSSe. The summed E-state index contributed by atoms with van der Waals surface area (Å²) in [6, 6.07) is 5.47. The van der Waals surface area contributed by atoms with Gasteiger partial charge in [0.2, 0.25) is 0 Å². The molecule has 3 rings (SSSR count). The van der Waals surface area contributed by atoms with Gasteiger partial charge in [0.25, 0.3) is 0 Å². The van der Waals surface area contributed by atoms with Crippen LogP contribution in [0.2, 0.25) is 5.02 Å². The summed E-state index contributed by atoms with van der Waals surface area (Å²) in [4.78, 5) is 16.3. The van der Waals surface area contributed by atoms with Crippen LogP contribution in [0.1, 0.15) is 0 Å². The molecule has 6 heteroatoms. The zero-order valence-electron chi connectivity index (χ0n) is 7.88. The number of aromatic nitrogens is 2. The number of rotatable bonds is 1. The van der Waals surface area contributed by atoms with Crippen LogP contribution in [-0.4, -0.2) is 23.3 Å². The minimum absolute atomic E-state index is 0.00690. The van der Waals surface area contributed by atoms with Crippen LogP contribution in [0.3, 0.4) is 0 Å². The molecule has 0 spiro atoms. The number of hydrogen-bond donors (Lipinski definition) is 0. The van der Waals surface area contributed by atoms with Gasteiger partial charge in [-0.2, -0.15) is 0 Å². The number of thiazole rings is 1. The van der Waals surface area contributed by atoms with Gasteiger partial charge in [-0.15, -0.1) is 0 Å². The summed E-state index contributed by atoms with van der Waals surface area (Å²) < 4.78 is 2.80. The first kappa shape index (κ1) is 10.3. The van der Waals surface area contributed by atoms with Gasteiger partial charge >= 0.3 is 106 Å². The summed E-state index contributed by atoms with van der Waals surface area (Å²) >= 11 is 7.34. The second-order valence-corrected chi connectivity index (χ2v) is 6.53. The molecule has 0 aliphatic heterocycles. The fourth-order valence-electron chi connectivity index (χ4n) is 1.44. The molecule has 0 atom stereocenters. The Morgan fingerprint density at radius 1 is 1.44 bits per heavy atom. The molecule has 2 heterocycles. The Morgan fingerprint density at radius 3 is 3.06 bits per heavy atom. The zero-order valence-corrected chi connectivity index (χ0v) is 11.2. The molecule has 0 unspecified atom stereocenters. The SMILES string of the molecule is O=c1c2cc(Cl)ccc2[se]n1-c1nccs1. The van der Waals surface area contributed by atoms with E-state index < -0.39 is 0 Å². The monoisotopic (exact) mass is 316 g/mol. The molecule has 0 fully saturated rings. The molecule has 0 amide bonds. The van der Waals surface area contributed by atoms with Crippen molar-refractivity contribution < 1.29 is 0 Å². The van der Waals surface area contributed by atoms with E-state index in [1.54, 1.807) is 15.8 Å². The molecule has 0 aliphatic carbocycles. The van der Waals surface area contributed by atoms with Gasteiger partial charge in [0, 0.05) is 0 Å². The molecule has 0 saturated heterocycles. The third-order valence-electron chi connectivity index (χ3n) is 2.14. The van der Waals surface area contributed by atoms with E-state index in [1.165, 1.54) is 11.3 Å². The van der Waals surface area contributed by atoms with Gasteiger partial charge in [-0.3, -0.25) is 0 Å². The van der Waals surface area contributed by atoms with Crippen LogP contribution in [-0.2, 0) is 0 Å². The Hall–Kier alpha value is -0.871. The van der Waals surface area contributed by atoms with Crippen molar-refractivity contribution in [3.05, 3.63) is 45.2 Å². The van der Waals surface area contributed by atoms with Gasteiger partial charge in [-0.1, -0.05) is 0 Å². The van der Waals surface area contributed by atoms with Crippen LogP contribution in [0.4, 0.5) is 0 Å². The molecule has 80 valence electrons. The Morgan fingerprint density at radius 2 is 2.31 bits per heavy atom. The van der Waals surface area contributed by atoms with E-state index in [1.807, 2.05) is 17.5 Å². The van der Waals surface area contributed by atoms with Gasteiger partial charge in [0.1, 0.15) is 0 Å². The molecular weight excluding hydrogens is 311 g/mol. The van der Waals surface area contributed by atoms with Gasteiger partial charge in [0.15, 0.2) is 0 Å². The first-order valence-corrected chi connectivity index (χ1v) is 7.35. The van der Waals surface area contributed by atoms with Crippen LogP contribution in [0, 0.1) is 0 Å². The molecule has 3 aromatic rings. The molecule has 16 heavy (non-hydrogen) atoms. The van der Waals surface area contributed by atoms with Crippen LogP contribution in [0.5, 0.6) is 0 Å². The molecule has 0 bridgehead atoms. The average Bonchev–Trinajstić information content (AvgIpc) is 2.87. The first-order valence-electron chi connectivity index (χ1n) is 4.47. The van der Waals surface area contributed by atoms with E-state index in [-0.39, 0.29) is 20.3 Å². The molecule has 0 saturated carbocycles. The Bertz CT molecular complexity index is 701. The summed E-state index contributed by atoms with van der Waals surface area (Å²) in [6.07, 6.45) is 1.71. The quantitative estimate of drug-likeness (QED) is 0.645. The molecule has 0 radical (unpaired) electrons. The van der Waals surface area contributed by atoms with Crippen LogP contribution in [0.25, 0.3) is 14.8 Å². The van der Waals surface area contributed by atoms with Gasteiger partial charge in [-0.25, -0.2) is 0 Å². The third-order valence-corrected chi connectivity index (χ3v) is 5.65. The number of halogens is 1. The summed E-state index contributed by atoms with van der Waals surface area (Å²) in [7, 11) is 0. The van der Waals surface area contributed by atoms with Crippen molar-refractivity contribution in [2.75, 3.05) is 0 Å². The number of benzene rings is 1. The van der Waals surface area contributed by atoms with Gasteiger partial charge in [-0.05, 0) is 0 Å². The Labute approximate surface area is 106 Å². The van der Waals surface area contributed by atoms with Crippen molar-refractivity contribution in [1.29, 1.82) is 0 Å². The normalized spacial score (nSPS) is 11.1. The number of fused-ring (bicyclic) bond motifs is 1. The fraction of sp³-hybridized carbons (Fsp3) is 0. The molecule has 0 N–H and O–H groups in total. The van der Waals surface area contributed by atoms with Crippen LogP contribution < -0.4 is 5.56 Å². The van der Waals surface area contributed by atoms with E-state index in [0.29, 0.717) is 10.4 Å². The molecule has 0 aliphatic rings. The fourth-order valence-corrected chi connectivity index (χ4v) is 4.46. The standard InChI is InChI=1S/C10H5ClN2OSSe/c11-6-1-2-8-7(5-6)9(14)13(16-8)10-12-3-4-15-10/h1-5H. The maximum atomic E-state index is 12.1. The Kier molecular flexibility index (Phi) is 2.48. The predicted molar refractivity (Wildman–Crippen MR) is 67.2 cm³/mol. The number of nitrogens with zero attached hydrogens (tertiary/aromatic N) is 2. The Balaban J connectivity index is 2.36. The van der Waals surface area contributed by atoms with Crippen molar-refractivity contribution >= 4 is 47.3 Å². The van der Waals surface area contributed by atoms with E-state index in [0.717, 1.165) is 9.39 Å². The van der Waals surface area contributed by atoms with Gasteiger partial charge in [0.05, 0.1) is 0 Å². The zero-order chi connectivity index (χ0) is 11.1. The summed E-state index contributed by atoms with van der Waals surface area (Å²) in [5.74, 6) is 0.